The maximum absolute atomic E-state index is 12.9. The molecule has 0 saturated carbocycles. The first kappa shape index (κ1) is 18.2. The first-order chi connectivity index (χ1) is 12.4. The van der Waals surface area contributed by atoms with Crippen LogP contribution in [0.1, 0.15) is 25.3 Å². The van der Waals surface area contributed by atoms with Crippen molar-refractivity contribution in [2.24, 2.45) is 0 Å². The molecule has 6 heteroatoms. The van der Waals surface area contributed by atoms with E-state index in [1.165, 1.54) is 0 Å². The molecule has 0 radical (unpaired) electrons. The van der Waals surface area contributed by atoms with Gasteiger partial charge in [0, 0.05) is 6.54 Å². The summed E-state index contributed by atoms with van der Waals surface area (Å²) >= 11 is 0. The van der Waals surface area contributed by atoms with Crippen molar-refractivity contribution in [3.63, 3.8) is 0 Å². The minimum Gasteiger partial charge on any atom is -0.497 e. The van der Waals surface area contributed by atoms with Crippen LogP contribution >= 0.6 is 0 Å². The number of carbonyl (C=O) groups excluding carboxylic acids is 1. The van der Waals surface area contributed by atoms with Crippen molar-refractivity contribution in [3.8, 4) is 5.75 Å². The van der Waals surface area contributed by atoms with Gasteiger partial charge in [0.25, 0.3) is 0 Å². The zero-order chi connectivity index (χ0) is 18.8. The van der Waals surface area contributed by atoms with Gasteiger partial charge in [-0.3, -0.25) is 4.79 Å². The molecule has 0 spiro atoms. The van der Waals surface area contributed by atoms with Crippen molar-refractivity contribution in [2.45, 2.75) is 32.0 Å². The van der Waals surface area contributed by atoms with E-state index >= 15 is 0 Å². The highest BCUT2D eigenvalue weighted by Crippen LogP contribution is 2.27. The van der Waals surface area contributed by atoms with E-state index < -0.39 is 12.1 Å². The zero-order valence-corrected chi connectivity index (χ0v) is 15.1. The Labute approximate surface area is 152 Å². The number of carboxylic acids is 1. The largest absolute Gasteiger partial charge is 0.497 e. The Bertz CT molecular complexity index is 834. The van der Waals surface area contributed by atoms with E-state index in [4.69, 9.17) is 9.47 Å². The minimum absolute atomic E-state index is 0.0770. The molecule has 1 aliphatic rings. The summed E-state index contributed by atoms with van der Waals surface area (Å²) in [5.74, 6) is -0.696. The Morgan fingerprint density at radius 2 is 1.88 bits per heavy atom. The van der Waals surface area contributed by atoms with Gasteiger partial charge in [-0.2, -0.15) is 0 Å². The zero-order valence-electron chi connectivity index (χ0n) is 15.1. The number of rotatable bonds is 4. The van der Waals surface area contributed by atoms with Crippen LogP contribution in [0.3, 0.4) is 0 Å². The first-order valence-corrected chi connectivity index (χ1v) is 8.63. The highest BCUT2D eigenvalue weighted by molar-refractivity contribution is 5.88. The molecule has 26 heavy (non-hydrogen) atoms. The first-order valence-electron chi connectivity index (χ1n) is 8.63. The fourth-order valence-electron chi connectivity index (χ4n) is 3.32. The molecular formula is C20H23NO5. The quantitative estimate of drug-likeness (QED) is 0.910. The second-order valence-electron chi connectivity index (χ2n) is 6.71. The van der Waals surface area contributed by atoms with Crippen molar-refractivity contribution < 1.29 is 24.2 Å². The molecule has 6 nitrogen and oxygen atoms in total. The van der Waals surface area contributed by atoms with Crippen LogP contribution in [0, 0.1) is 0 Å². The maximum Gasteiger partial charge on any atom is 0.334 e. The summed E-state index contributed by atoms with van der Waals surface area (Å²) in [6.45, 7) is 4.11. The Balaban J connectivity index is 1.81. The maximum atomic E-state index is 12.9. The lowest BCUT2D eigenvalue weighted by Gasteiger charge is -2.36. The molecule has 1 heterocycles. The van der Waals surface area contributed by atoms with E-state index in [0.717, 1.165) is 22.1 Å². The SMILES string of the molecule is COc1ccc2cc([C@H](C)C(=O)N3CC(C(=O)O)O[C@H](C)C3)ccc2c1. The normalized spacial score (nSPS) is 21.4. The van der Waals surface area contributed by atoms with Crippen LogP contribution in [-0.2, 0) is 14.3 Å². The molecule has 3 atom stereocenters. The second-order valence-corrected chi connectivity index (χ2v) is 6.71. The third kappa shape index (κ3) is 3.65. The molecule has 3 rings (SSSR count). The number of ether oxygens (including phenoxy) is 2. The molecule has 1 N–H and O–H groups in total. The monoisotopic (exact) mass is 357 g/mol. The third-order valence-electron chi connectivity index (χ3n) is 4.79. The Kier molecular flexibility index (Phi) is 5.13. The Morgan fingerprint density at radius 1 is 1.19 bits per heavy atom. The topological polar surface area (TPSA) is 76.1 Å². The summed E-state index contributed by atoms with van der Waals surface area (Å²) < 4.78 is 10.6. The number of nitrogens with zero attached hydrogens (tertiary/aromatic N) is 1. The van der Waals surface area contributed by atoms with Gasteiger partial charge in [-0.1, -0.05) is 24.3 Å². The number of carbonyl (C=O) groups is 2. The van der Waals surface area contributed by atoms with Gasteiger partial charge in [-0.25, -0.2) is 4.79 Å². The molecule has 1 saturated heterocycles. The van der Waals surface area contributed by atoms with Crippen molar-refractivity contribution in [1.29, 1.82) is 0 Å². The average molecular weight is 357 g/mol. The van der Waals surface area contributed by atoms with Crippen LogP contribution in [-0.4, -0.2) is 54.3 Å². The third-order valence-corrected chi connectivity index (χ3v) is 4.79. The van der Waals surface area contributed by atoms with E-state index in [2.05, 4.69) is 0 Å². The van der Waals surface area contributed by atoms with Crippen LogP contribution in [0.25, 0.3) is 10.8 Å². The highest BCUT2D eigenvalue weighted by atomic mass is 16.5. The predicted molar refractivity (Wildman–Crippen MR) is 97.5 cm³/mol. The lowest BCUT2D eigenvalue weighted by atomic mass is 9.96. The number of hydrogen-bond donors (Lipinski definition) is 1. The second kappa shape index (κ2) is 7.33. The van der Waals surface area contributed by atoms with Gasteiger partial charge in [0.2, 0.25) is 5.91 Å². The fourth-order valence-corrected chi connectivity index (χ4v) is 3.32. The van der Waals surface area contributed by atoms with Gasteiger partial charge < -0.3 is 19.5 Å². The number of aliphatic carboxylic acids is 1. The summed E-state index contributed by atoms with van der Waals surface area (Å²) in [5.41, 5.74) is 0.902. The molecule has 2 aromatic carbocycles. The smallest absolute Gasteiger partial charge is 0.334 e. The molecule has 138 valence electrons. The summed E-state index contributed by atoms with van der Waals surface area (Å²) in [7, 11) is 1.63. The highest BCUT2D eigenvalue weighted by Gasteiger charge is 2.34. The molecular weight excluding hydrogens is 334 g/mol. The number of morpholine rings is 1. The average Bonchev–Trinajstić information content (AvgIpc) is 2.65. The van der Waals surface area contributed by atoms with Crippen molar-refractivity contribution in [2.75, 3.05) is 20.2 Å². The summed E-state index contributed by atoms with van der Waals surface area (Å²) in [6.07, 6.45) is -1.27. The Morgan fingerprint density at radius 3 is 2.58 bits per heavy atom. The van der Waals surface area contributed by atoms with Crippen molar-refractivity contribution >= 4 is 22.6 Å². The molecule has 0 aliphatic carbocycles. The van der Waals surface area contributed by atoms with Gasteiger partial charge in [0.15, 0.2) is 6.10 Å². The van der Waals surface area contributed by atoms with Gasteiger partial charge in [0.1, 0.15) is 5.75 Å². The number of benzene rings is 2. The van der Waals surface area contributed by atoms with Crippen LogP contribution in [0.5, 0.6) is 5.75 Å². The standard InChI is InChI=1S/C20H23NO5/c1-12-10-21(11-18(26-12)20(23)24)19(22)13(2)14-4-5-16-9-17(25-3)7-6-15(16)8-14/h4-9,12-13,18H,10-11H2,1-3H3,(H,23,24)/t12-,13+,18?/m1/s1. The van der Waals surface area contributed by atoms with E-state index in [1.807, 2.05) is 43.3 Å². The van der Waals surface area contributed by atoms with E-state index in [-0.39, 0.29) is 24.5 Å². The van der Waals surface area contributed by atoms with Crippen LogP contribution in [0.15, 0.2) is 36.4 Å². The molecule has 0 bridgehead atoms. The van der Waals surface area contributed by atoms with Gasteiger partial charge in [-0.05, 0) is 42.3 Å². The fraction of sp³-hybridized carbons (Fsp3) is 0.400. The van der Waals surface area contributed by atoms with Crippen LogP contribution in [0.4, 0.5) is 0 Å². The van der Waals surface area contributed by atoms with Crippen molar-refractivity contribution in [3.05, 3.63) is 42.0 Å². The minimum atomic E-state index is -1.04. The predicted octanol–water partition coefficient (Wildman–Crippen LogP) is 2.65. The lowest BCUT2D eigenvalue weighted by molar-refractivity contribution is -0.166. The van der Waals surface area contributed by atoms with E-state index in [1.54, 1.807) is 18.9 Å². The molecule has 0 aromatic heterocycles. The number of fused-ring (bicyclic) bond motifs is 1. The number of amides is 1. The molecule has 1 unspecified atom stereocenters. The summed E-state index contributed by atoms with van der Waals surface area (Å²) in [6, 6.07) is 11.7. The van der Waals surface area contributed by atoms with Crippen LogP contribution < -0.4 is 4.74 Å². The van der Waals surface area contributed by atoms with Gasteiger partial charge >= 0.3 is 5.97 Å². The van der Waals surface area contributed by atoms with Gasteiger partial charge in [0.05, 0.1) is 25.7 Å². The lowest BCUT2D eigenvalue weighted by Crippen LogP contribution is -2.52. The summed E-state index contributed by atoms with van der Waals surface area (Å²) in [5, 5.41) is 11.3. The number of hydrogen-bond acceptors (Lipinski definition) is 4. The number of methoxy groups -OCH3 is 1. The molecule has 1 fully saturated rings. The molecule has 1 aliphatic heterocycles. The van der Waals surface area contributed by atoms with Gasteiger partial charge in [-0.15, -0.1) is 0 Å². The molecule has 2 aromatic rings. The van der Waals surface area contributed by atoms with Crippen LogP contribution in [0.2, 0.25) is 0 Å². The summed E-state index contributed by atoms with van der Waals surface area (Å²) in [4.78, 5) is 25.7. The number of carboxylic acid groups (broad SMARTS) is 1. The van der Waals surface area contributed by atoms with E-state index in [9.17, 15) is 14.7 Å². The Hall–Kier alpha value is -2.60. The molecule has 1 amide bonds. The van der Waals surface area contributed by atoms with Crippen molar-refractivity contribution in [1.82, 2.24) is 4.90 Å². The van der Waals surface area contributed by atoms with E-state index in [0.29, 0.717) is 6.54 Å².